The molecular formula is C15H22ClNO3S. The van der Waals surface area contributed by atoms with Gasteiger partial charge >= 0.3 is 0 Å². The second kappa shape index (κ2) is 6.15. The molecule has 0 amide bonds. The second-order valence-electron chi connectivity index (χ2n) is 5.93. The number of rotatable bonds is 4. The van der Waals surface area contributed by atoms with Crippen LogP contribution in [0.2, 0.25) is 0 Å². The van der Waals surface area contributed by atoms with Crippen molar-refractivity contribution in [1.82, 2.24) is 0 Å². The predicted octanol–water partition coefficient (Wildman–Crippen LogP) is 2.70. The molecule has 4 nitrogen and oxygen atoms in total. The third kappa shape index (κ3) is 3.90. The molecule has 1 saturated heterocycles. The highest BCUT2D eigenvalue weighted by Gasteiger charge is 2.33. The predicted molar refractivity (Wildman–Crippen MR) is 86.1 cm³/mol. The van der Waals surface area contributed by atoms with Crippen molar-refractivity contribution in [1.29, 1.82) is 0 Å². The van der Waals surface area contributed by atoms with Crippen LogP contribution < -0.4 is 4.90 Å². The smallest absolute Gasteiger partial charge is 0.178 e. The highest BCUT2D eigenvalue weighted by atomic mass is 35.5. The summed E-state index contributed by atoms with van der Waals surface area (Å²) in [5.74, 6) is 0.563. The highest BCUT2D eigenvalue weighted by Crippen LogP contribution is 2.27. The molecule has 118 valence electrons. The van der Waals surface area contributed by atoms with E-state index >= 15 is 0 Å². The molecule has 1 atom stereocenters. The third-order valence-electron chi connectivity index (χ3n) is 3.59. The van der Waals surface area contributed by atoms with Crippen molar-refractivity contribution in [3.63, 3.8) is 0 Å². The summed E-state index contributed by atoms with van der Waals surface area (Å²) in [6.07, 6.45) is -0.0190. The fraction of sp³-hybridized carbons (Fsp3) is 0.600. The second-order valence-corrected chi connectivity index (χ2v) is 8.52. The van der Waals surface area contributed by atoms with E-state index in [4.69, 9.17) is 16.3 Å². The molecular weight excluding hydrogens is 310 g/mol. The molecule has 0 radical (unpaired) electrons. The van der Waals surface area contributed by atoms with Gasteiger partial charge in [0.25, 0.3) is 0 Å². The molecule has 0 saturated carbocycles. The van der Waals surface area contributed by atoms with Gasteiger partial charge < -0.3 is 9.64 Å². The summed E-state index contributed by atoms with van der Waals surface area (Å²) in [6.45, 7) is 7.19. The lowest BCUT2D eigenvalue weighted by atomic mass is 10.0. The standard InChI is InChI=1S/C15H22ClNO3S/c1-4-21(18,19)14-7-5-12(6-8-14)17-10-13(9-16)20-15(2,3)11-17/h5-8,13H,4,9-11H2,1-3H3. The highest BCUT2D eigenvalue weighted by molar-refractivity contribution is 7.91. The Kier molecular flexibility index (Phi) is 4.85. The van der Waals surface area contributed by atoms with E-state index in [-0.39, 0.29) is 17.5 Å². The van der Waals surface area contributed by atoms with Crippen LogP contribution >= 0.6 is 11.6 Å². The van der Waals surface area contributed by atoms with E-state index in [1.54, 1.807) is 19.1 Å². The van der Waals surface area contributed by atoms with E-state index in [0.29, 0.717) is 17.3 Å². The van der Waals surface area contributed by atoms with Gasteiger partial charge in [0.2, 0.25) is 0 Å². The lowest BCUT2D eigenvalue weighted by molar-refractivity contribution is -0.0734. The molecule has 2 rings (SSSR count). The normalized spacial score (nSPS) is 22.3. The summed E-state index contributed by atoms with van der Waals surface area (Å²) in [5.41, 5.74) is 0.725. The first kappa shape index (κ1) is 16.6. The number of halogens is 1. The fourth-order valence-electron chi connectivity index (χ4n) is 2.60. The van der Waals surface area contributed by atoms with Gasteiger partial charge in [-0.25, -0.2) is 8.42 Å². The topological polar surface area (TPSA) is 46.6 Å². The van der Waals surface area contributed by atoms with Gasteiger partial charge in [0.15, 0.2) is 9.84 Å². The van der Waals surface area contributed by atoms with Crippen molar-refractivity contribution < 1.29 is 13.2 Å². The number of hydrogen-bond acceptors (Lipinski definition) is 4. The Bertz CT molecular complexity index is 583. The molecule has 0 spiro atoms. The summed E-state index contributed by atoms with van der Waals surface area (Å²) in [5, 5.41) is 0. The van der Waals surface area contributed by atoms with Crippen LogP contribution in [0.5, 0.6) is 0 Å². The Labute approximate surface area is 132 Å². The fourth-order valence-corrected chi connectivity index (χ4v) is 3.65. The van der Waals surface area contributed by atoms with Gasteiger partial charge in [0, 0.05) is 18.8 Å². The minimum absolute atomic E-state index is 0.0190. The Morgan fingerprint density at radius 3 is 2.48 bits per heavy atom. The van der Waals surface area contributed by atoms with Crippen LogP contribution in [0.25, 0.3) is 0 Å². The minimum atomic E-state index is -3.15. The van der Waals surface area contributed by atoms with E-state index in [1.165, 1.54) is 0 Å². The van der Waals surface area contributed by atoms with Crippen molar-refractivity contribution in [2.45, 2.75) is 37.4 Å². The van der Waals surface area contributed by atoms with Crippen LogP contribution in [0.15, 0.2) is 29.2 Å². The molecule has 21 heavy (non-hydrogen) atoms. The Morgan fingerprint density at radius 2 is 1.95 bits per heavy atom. The first-order valence-electron chi connectivity index (χ1n) is 7.09. The van der Waals surface area contributed by atoms with Gasteiger partial charge in [-0.1, -0.05) is 6.92 Å². The summed E-state index contributed by atoms with van der Waals surface area (Å²) in [4.78, 5) is 2.56. The van der Waals surface area contributed by atoms with Crippen LogP contribution in [0, 0.1) is 0 Å². The molecule has 1 heterocycles. The van der Waals surface area contributed by atoms with E-state index in [2.05, 4.69) is 4.90 Å². The number of benzene rings is 1. The van der Waals surface area contributed by atoms with Crippen molar-refractivity contribution >= 4 is 27.1 Å². The zero-order chi connectivity index (χ0) is 15.7. The van der Waals surface area contributed by atoms with Crippen LogP contribution in [0.1, 0.15) is 20.8 Å². The summed E-state index contributed by atoms with van der Waals surface area (Å²) >= 11 is 5.93. The molecule has 1 unspecified atom stereocenters. The van der Waals surface area contributed by atoms with Crippen LogP contribution in [0.3, 0.4) is 0 Å². The number of alkyl halides is 1. The van der Waals surface area contributed by atoms with E-state index in [1.807, 2.05) is 26.0 Å². The van der Waals surface area contributed by atoms with Crippen molar-refractivity contribution in [2.75, 3.05) is 29.6 Å². The molecule has 1 aromatic carbocycles. The molecule has 6 heteroatoms. The summed E-state index contributed by atoms with van der Waals surface area (Å²) < 4.78 is 29.6. The zero-order valence-electron chi connectivity index (χ0n) is 12.7. The molecule has 0 aromatic heterocycles. The van der Waals surface area contributed by atoms with Gasteiger partial charge in [-0.15, -0.1) is 11.6 Å². The van der Waals surface area contributed by atoms with Gasteiger partial charge in [-0.05, 0) is 38.1 Å². The molecule has 0 bridgehead atoms. The van der Waals surface area contributed by atoms with Gasteiger partial charge in [0.05, 0.1) is 28.2 Å². The van der Waals surface area contributed by atoms with Crippen LogP contribution in [0.4, 0.5) is 5.69 Å². The lowest BCUT2D eigenvalue weighted by Gasteiger charge is -2.43. The Morgan fingerprint density at radius 1 is 1.33 bits per heavy atom. The average molecular weight is 332 g/mol. The molecule has 0 aliphatic carbocycles. The number of ether oxygens (including phenoxy) is 1. The average Bonchev–Trinajstić information content (AvgIpc) is 2.45. The molecule has 1 aliphatic rings. The van der Waals surface area contributed by atoms with E-state index < -0.39 is 9.84 Å². The first-order valence-corrected chi connectivity index (χ1v) is 9.27. The molecule has 1 fully saturated rings. The summed E-state index contributed by atoms with van der Waals surface area (Å²) in [6, 6.07) is 7.06. The first-order chi connectivity index (χ1) is 9.77. The maximum absolute atomic E-state index is 11.8. The number of nitrogens with zero attached hydrogens (tertiary/aromatic N) is 1. The Balaban J connectivity index is 2.22. The molecule has 0 N–H and O–H groups in total. The number of morpholine rings is 1. The van der Waals surface area contributed by atoms with Gasteiger partial charge in [-0.3, -0.25) is 0 Å². The molecule has 1 aromatic rings. The van der Waals surface area contributed by atoms with Crippen molar-refractivity contribution in [2.24, 2.45) is 0 Å². The minimum Gasteiger partial charge on any atom is -0.367 e. The van der Waals surface area contributed by atoms with Gasteiger partial charge in [-0.2, -0.15) is 0 Å². The number of anilines is 1. The number of hydrogen-bond donors (Lipinski definition) is 0. The van der Waals surface area contributed by atoms with Crippen molar-refractivity contribution in [3.05, 3.63) is 24.3 Å². The number of sulfone groups is 1. The summed E-state index contributed by atoms with van der Waals surface area (Å²) in [7, 11) is -3.15. The van der Waals surface area contributed by atoms with E-state index in [0.717, 1.165) is 12.2 Å². The Hall–Kier alpha value is -0.780. The van der Waals surface area contributed by atoms with Crippen LogP contribution in [-0.2, 0) is 14.6 Å². The molecule has 1 aliphatic heterocycles. The monoisotopic (exact) mass is 331 g/mol. The largest absolute Gasteiger partial charge is 0.367 e. The van der Waals surface area contributed by atoms with Gasteiger partial charge in [0.1, 0.15) is 0 Å². The van der Waals surface area contributed by atoms with Crippen molar-refractivity contribution in [3.8, 4) is 0 Å². The maximum atomic E-state index is 11.8. The SMILES string of the molecule is CCS(=O)(=O)c1ccc(N2CC(CCl)OC(C)(C)C2)cc1. The maximum Gasteiger partial charge on any atom is 0.178 e. The lowest BCUT2D eigenvalue weighted by Crippen LogP contribution is -2.53. The quantitative estimate of drug-likeness (QED) is 0.796. The third-order valence-corrected chi connectivity index (χ3v) is 5.69. The van der Waals surface area contributed by atoms with Crippen LogP contribution in [-0.4, -0.2) is 44.8 Å². The van der Waals surface area contributed by atoms with E-state index in [9.17, 15) is 8.42 Å². The zero-order valence-corrected chi connectivity index (χ0v) is 14.2.